The van der Waals surface area contributed by atoms with Gasteiger partial charge in [-0.3, -0.25) is 4.79 Å². The van der Waals surface area contributed by atoms with Crippen molar-refractivity contribution in [1.82, 2.24) is 19.6 Å². The van der Waals surface area contributed by atoms with E-state index in [1.54, 1.807) is 10.7 Å². The smallest absolute Gasteiger partial charge is 0.252 e. The SMILES string of the molecule is CC.CC.CC1CCC(Nc2c(C(N)=O)cnn3cc(-c4cncnc4N)cc23)CC1. The van der Waals surface area contributed by atoms with Gasteiger partial charge in [-0.15, -0.1) is 0 Å². The van der Waals surface area contributed by atoms with Gasteiger partial charge in [-0.05, 0) is 37.7 Å². The van der Waals surface area contributed by atoms with Crippen molar-refractivity contribution in [3.05, 3.63) is 36.5 Å². The van der Waals surface area contributed by atoms with Crippen LogP contribution in [0.25, 0.3) is 16.6 Å². The van der Waals surface area contributed by atoms with Crippen molar-refractivity contribution in [2.45, 2.75) is 66.3 Å². The minimum atomic E-state index is -0.498. The fourth-order valence-corrected chi connectivity index (χ4v) is 3.71. The highest BCUT2D eigenvalue weighted by Gasteiger charge is 2.22. The average molecular weight is 426 g/mol. The average Bonchev–Trinajstić information content (AvgIpc) is 3.23. The number of aromatic nitrogens is 4. The van der Waals surface area contributed by atoms with E-state index in [1.807, 2.05) is 40.0 Å². The number of carbonyl (C=O) groups excluding carboxylic acids is 1. The van der Waals surface area contributed by atoms with Crippen molar-refractivity contribution < 1.29 is 4.79 Å². The molecule has 1 amide bonds. The van der Waals surface area contributed by atoms with E-state index in [0.717, 1.165) is 41.1 Å². The first-order chi connectivity index (χ1) is 15.0. The van der Waals surface area contributed by atoms with E-state index in [-0.39, 0.29) is 0 Å². The van der Waals surface area contributed by atoms with Crippen molar-refractivity contribution in [2.24, 2.45) is 11.7 Å². The van der Waals surface area contributed by atoms with Crippen molar-refractivity contribution in [2.75, 3.05) is 11.1 Å². The number of nitrogens with zero attached hydrogens (tertiary/aromatic N) is 4. The summed E-state index contributed by atoms with van der Waals surface area (Å²) in [6, 6.07) is 2.25. The summed E-state index contributed by atoms with van der Waals surface area (Å²) in [5, 5.41) is 7.89. The minimum absolute atomic E-state index is 0.314. The number of anilines is 2. The normalized spacial score (nSPS) is 17.7. The first kappa shape index (κ1) is 24.1. The third-order valence-corrected chi connectivity index (χ3v) is 5.32. The Bertz CT molecular complexity index is 991. The number of amides is 1. The lowest BCUT2D eigenvalue weighted by molar-refractivity contribution is 0.100. The second-order valence-electron chi connectivity index (χ2n) is 7.28. The van der Waals surface area contributed by atoms with Crippen LogP contribution in [0.2, 0.25) is 0 Å². The third-order valence-electron chi connectivity index (χ3n) is 5.32. The molecule has 0 bridgehead atoms. The van der Waals surface area contributed by atoms with Crippen molar-refractivity contribution >= 4 is 22.9 Å². The second-order valence-corrected chi connectivity index (χ2v) is 7.28. The Kier molecular flexibility index (Phi) is 8.78. The molecule has 0 spiro atoms. The van der Waals surface area contributed by atoms with Gasteiger partial charge < -0.3 is 16.8 Å². The number of nitrogen functional groups attached to an aromatic ring is 1. The van der Waals surface area contributed by atoms with Crippen LogP contribution in [0, 0.1) is 5.92 Å². The van der Waals surface area contributed by atoms with Gasteiger partial charge in [-0.1, -0.05) is 34.6 Å². The molecule has 0 aliphatic heterocycles. The largest absolute Gasteiger partial charge is 0.383 e. The standard InChI is InChI=1S/C19H23N7O.2C2H6/c1-11-2-4-13(5-3-11)25-17-15(19(21)27)8-24-26-9-12(6-16(17)26)14-7-22-10-23-18(14)20;2*1-2/h6-11,13,25H,2-5H2,1H3,(H2,21,27)(H2,20,22,23);2*1-2H3. The van der Waals surface area contributed by atoms with Crippen LogP contribution in [-0.4, -0.2) is 31.5 Å². The molecular formula is C23H35N7O. The summed E-state index contributed by atoms with van der Waals surface area (Å²) >= 11 is 0. The molecule has 3 aromatic rings. The van der Waals surface area contributed by atoms with Gasteiger partial charge in [0.1, 0.15) is 12.1 Å². The maximum Gasteiger partial charge on any atom is 0.252 e. The lowest BCUT2D eigenvalue weighted by atomic mass is 9.87. The number of primary amides is 1. The molecule has 5 N–H and O–H groups in total. The molecule has 0 atom stereocenters. The molecule has 1 saturated carbocycles. The van der Waals surface area contributed by atoms with Gasteiger partial charge in [0.05, 0.1) is 23.0 Å². The Morgan fingerprint density at radius 3 is 2.42 bits per heavy atom. The molecule has 1 aliphatic rings. The fourth-order valence-electron chi connectivity index (χ4n) is 3.71. The zero-order valence-electron chi connectivity index (χ0n) is 19.2. The third kappa shape index (κ3) is 5.51. The van der Waals surface area contributed by atoms with Crippen LogP contribution < -0.4 is 16.8 Å². The number of nitrogens with one attached hydrogen (secondary N) is 1. The molecule has 1 aliphatic carbocycles. The number of hydrogen-bond donors (Lipinski definition) is 3. The van der Waals surface area contributed by atoms with E-state index in [0.29, 0.717) is 17.4 Å². The van der Waals surface area contributed by atoms with Crippen LogP contribution in [0.3, 0.4) is 0 Å². The number of hydrogen-bond acceptors (Lipinski definition) is 6. The van der Waals surface area contributed by atoms with Crippen LogP contribution in [0.5, 0.6) is 0 Å². The zero-order chi connectivity index (χ0) is 23.0. The quantitative estimate of drug-likeness (QED) is 0.565. The summed E-state index contributed by atoms with van der Waals surface area (Å²) in [6.45, 7) is 10.3. The van der Waals surface area contributed by atoms with Gasteiger partial charge in [0.2, 0.25) is 0 Å². The Morgan fingerprint density at radius 2 is 1.81 bits per heavy atom. The van der Waals surface area contributed by atoms with Gasteiger partial charge in [0, 0.05) is 29.6 Å². The molecule has 0 saturated heterocycles. The van der Waals surface area contributed by atoms with Gasteiger partial charge in [0.25, 0.3) is 5.91 Å². The molecule has 0 radical (unpaired) electrons. The molecule has 1 fully saturated rings. The molecule has 0 aromatic carbocycles. The summed E-state index contributed by atoms with van der Waals surface area (Å²) in [7, 11) is 0. The zero-order valence-corrected chi connectivity index (χ0v) is 19.2. The highest BCUT2D eigenvalue weighted by atomic mass is 16.1. The summed E-state index contributed by atoms with van der Waals surface area (Å²) in [5.74, 6) is 0.644. The van der Waals surface area contributed by atoms with E-state index in [4.69, 9.17) is 11.5 Å². The van der Waals surface area contributed by atoms with Crippen molar-refractivity contribution in [1.29, 1.82) is 0 Å². The molecule has 168 valence electrons. The number of nitrogens with two attached hydrogens (primary N) is 2. The Balaban J connectivity index is 0.000000807. The molecule has 4 rings (SSSR count). The van der Waals surface area contributed by atoms with Crippen LogP contribution in [-0.2, 0) is 0 Å². The highest BCUT2D eigenvalue weighted by Crippen LogP contribution is 2.32. The molecule has 8 nitrogen and oxygen atoms in total. The maximum atomic E-state index is 12.0. The first-order valence-electron chi connectivity index (χ1n) is 11.2. The maximum absolute atomic E-state index is 12.0. The van der Waals surface area contributed by atoms with Crippen LogP contribution in [0.4, 0.5) is 11.5 Å². The first-order valence-corrected chi connectivity index (χ1v) is 11.2. The Morgan fingerprint density at radius 1 is 1.13 bits per heavy atom. The lowest BCUT2D eigenvalue weighted by Crippen LogP contribution is -2.27. The van der Waals surface area contributed by atoms with E-state index in [1.165, 1.54) is 25.4 Å². The molecule has 3 heterocycles. The predicted molar refractivity (Wildman–Crippen MR) is 127 cm³/mol. The van der Waals surface area contributed by atoms with Crippen LogP contribution >= 0.6 is 0 Å². The summed E-state index contributed by atoms with van der Waals surface area (Å²) in [5.41, 5.74) is 15.0. The minimum Gasteiger partial charge on any atom is -0.383 e. The highest BCUT2D eigenvalue weighted by molar-refractivity contribution is 6.02. The fraction of sp³-hybridized carbons (Fsp3) is 0.478. The molecule has 8 heteroatoms. The monoisotopic (exact) mass is 425 g/mol. The van der Waals surface area contributed by atoms with Crippen molar-refractivity contribution in [3.63, 3.8) is 0 Å². The van der Waals surface area contributed by atoms with E-state index in [9.17, 15) is 4.79 Å². The van der Waals surface area contributed by atoms with E-state index >= 15 is 0 Å². The van der Waals surface area contributed by atoms with Gasteiger partial charge in [-0.2, -0.15) is 5.10 Å². The molecule has 0 unspecified atom stereocenters. The molecular weight excluding hydrogens is 390 g/mol. The molecule has 31 heavy (non-hydrogen) atoms. The van der Waals surface area contributed by atoms with Crippen molar-refractivity contribution in [3.8, 4) is 11.1 Å². The second kappa shape index (κ2) is 11.3. The van der Waals surface area contributed by atoms with Crippen LogP contribution in [0.1, 0.15) is 70.7 Å². The number of rotatable bonds is 4. The topological polar surface area (TPSA) is 124 Å². The summed E-state index contributed by atoms with van der Waals surface area (Å²) < 4.78 is 1.72. The predicted octanol–water partition coefficient (Wildman–Crippen LogP) is 4.52. The lowest BCUT2D eigenvalue weighted by Gasteiger charge is -2.28. The Hall–Kier alpha value is -3.16. The summed E-state index contributed by atoms with van der Waals surface area (Å²) in [6.07, 6.45) is 10.9. The van der Waals surface area contributed by atoms with Gasteiger partial charge in [-0.25, -0.2) is 14.5 Å². The van der Waals surface area contributed by atoms with E-state index < -0.39 is 5.91 Å². The number of carbonyl (C=O) groups is 1. The number of fused-ring (bicyclic) bond motifs is 1. The molecule has 3 aromatic heterocycles. The van der Waals surface area contributed by atoms with Crippen LogP contribution in [0.15, 0.2) is 31.0 Å². The van der Waals surface area contributed by atoms with Gasteiger partial charge >= 0.3 is 0 Å². The van der Waals surface area contributed by atoms with Gasteiger partial charge in [0.15, 0.2) is 0 Å². The van der Waals surface area contributed by atoms with E-state index in [2.05, 4.69) is 27.3 Å². The Labute approximate surface area is 184 Å². The summed E-state index contributed by atoms with van der Waals surface area (Å²) in [4.78, 5) is 20.1.